The van der Waals surface area contributed by atoms with E-state index in [1.807, 2.05) is 43.3 Å². The largest absolute Gasteiger partial charge is 0.467 e. The highest BCUT2D eigenvalue weighted by atomic mass is 35.5. The van der Waals surface area contributed by atoms with Gasteiger partial charge in [-0.15, -0.1) is 0 Å². The maximum atomic E-state index is 14.0. The molecule has 9 nitrogen and oxygen atoms in total. The number of hydrogen-bond acceptors (Lipinski definition) is 6. The molecule has 34 heavy (non-hydrogen) atoms. The molecule has 1 amide bonds. The maximum Gasteiger partial charge on any atom is 0.362 e. The molecule has 3 heterocycles. The van der Waals surface area contributed by atoms with Gasteiger partial charge >= 0.3 is 11.7 Å². The third-order valence-electron chi connectivity index (χ3n) is 5.92. The van der Waals surface area contributed by atoms with Crippen LogP contribution in [-0.2, 0) is 11.3 Å². The number of fused-ring (bicyclic) bond motifs is 1. The van der Waals surface area contributed by atoms with Crippen LogP contribution in [0.1, 0.15) is 39.9 Å². The Morgan fingerprint density at radius 2 is 1.65 bits per heavy atom. The van der Waals surface area contributed by atoms with Gasteiger partial charge in [0, 0.05) is 23.0 Å². The summed E-state index contributed by atoms with van der Waals surface area (Å²) in [5.74, 6) is -1.14. The van der Waals surface area contributed by atoms with Crippen LogP contribution in [0, 0.1) is 6.92 Å². The van der Waals surface area contributed by atoms with Crippen molar-refractivity contribution >= 4 is 17.5 Å². The Balaban J connectivity index is 1.67. The van der Waals surface area contributed by atoms with Crippen molar-refractivity contribution in [3.8, 4) is 6.01 Å². The first-order chi connectivity index (χ1) is 16.5. The third-order valence-corrected chi connectivity index (χ3v) is 6.17. The second kappa shape index (κ2) is 8.75. The molecule has 0 spiro atoms. The van der Waals surface area contributed by atoms with Crippen LogP contribution in [0.2, 0.25) is 5.02 Å². The van der Waals surface area contributed by atoms with Gasteiger partial charge in [0.1, 0.15) is 0 Å². The predicted octanol–water partition coefficient (Wildman–Crippen LogP) is 2.93. The summed E-state index contributed by atoms with van der Waals surface area (Å²) in [6, 6.07) is 15.1. The zero-order valence-electron chi connectivity index (χ0n) is 18.5. The number of amides is 1. The van der Waals surface area contributed by atoms with Crippen molar-refractivity contribution in [2.45, 2.75) is 25.3 Å². The van der Waals surface area contributed by atoms with Gasteiger partial charge in [0.25, 0.3) is 5.91 Å². The molecule has 0 radical (unpaired) electrons. The van der Waals surface area contributed by atoms with E-state index >= 15 is 0 Å². The molecule has 2 atom stereocenters. The molecule has 0 saturated heterocycles. The smallest absolute Gasteiger partial charge is 0.362 e. The summed E-state index contributed by atoms with van der Waals surface area (Å²) in [5.41, 5.74) is 2.87. The van der Waals surface area contributed by atoms with Crippen LogP contribution in [0.3, 0.4) is 0 Å². The van der Waals surface area contributed by atoms with Crippen LogP contribution in [0.25, 0.3) is 0 Å². The molecule has 0 saturated carbocycles. The normalized spacial score (nSPS) is 17.5. The maximum absolute atomic E-state index is 14.0. The summed E-state index contributed by atoms with van der Waals surface area (Å²) in [4.78, 5) is 35.3. The number of ether oxygens (including phenoxy) is 1. The van der Waals surface area contributed by atoms with Crippen molar-refractivity contribution in [2.75, 3.05) is 12.1 Å². The lowest BCUT2D eigenvalue weighted by Gasteiger charge is -2.37. The van der Waals surface area contributed by atoms with Crippen LogP contribution in [-0.4, -0.2) is 37.9 Å². The summed E-state index contributed by atoms with van der Waals surface area (Å²) in [5, 5.41) is 8.81. The molecule has 2 aromatic carbocycles. The summed E-state index contributed by atoms with van der Waals surface area (Å²) in [6.07, 6.45) is 3.18. The number of H-pyrrole nitrogens is 1. The molecule has 1 N–H and O–H groups in total. The molecule has 1 aliphatic rings. The standard InChI is InChI=1S/C24H21ClN6O3/c1-14-3-5-15(6-4-14)13-30-22(32)20(16-7-9-18(25)10-8-16)19(21-28-29-24(33)31(21)30)17-11-26-23(34-2)27-12-17/h3-12,19-20H,13H2,1-2H3,(H,29,33). The minimum Gasteiger partial charge on any atom is -0.467 e. The van der Waals surface area contributed by atoms with Crippen LogP contribution in [0.5, 0.6) is 6.01 Å². The lowest BCUT2D eigenvalue weighted by atomic mass is 9.79. The Morgan fingerprint density at radius 3 is 2.29 bits per heavy atom. The SMILES string of the molecule is COc1ncc(C2c3n[nH]c(=O)n3N(Cc3ccc(C)cc3)C(=O)C2c2ccc(Cl)cc2)cn1. The first kappa shape index (κ1) is 21.8. The van der Waals surface area contributed by atoms with Gasteiger partial charge in [0.05, 0.1) is 25.5 Å². The average Bonchev–Trinajstić information content (AvgIpc) is 3.23. The van der Waals surface area contributed by atoms with Crippen molar-refractivity contribution in [3.63, 3.8) is 0 Å². The van der Waals surface area contributed by atoms with Gasteiger partial charge in [-0.2, -0.15) is 9.77 Å². The molecule has 1 aliphatic heterocycles. The van der Waals surface area contributed by atoms with E-state index in [-0.39, 0.29) is 18.5 Å². The lowest BCUT2D eigenvalue weighted by molar-refractivity contribution is -0.123. The Labute approximate surface area is 200 Å². The third kappa shape index (κ3) is 3.84. The number of aromatic amines is 1. The van der Waals surface area contributed by atoms with Crippen LogP contribution in [0.15, 0.2) is 65.7 Å². The summed E-state index contributed by atoms with van der Waals surface area (Å²) in [7, 11) is 1.48. The molecule has 2 unspecified atom stereocenters. The van der Waals surface area contributed by atoms with Crippen LogP contribution < -0.4 is 15.4 Å². The molecule has 5 rings (SSSR count). The fourth-order valence-corrected chi connectivity index (χ4v) is 4.37. The van der Waals surface area contributed by atoms with Crippen molar-refractivity contribution < 1.29 is 9.53 Å². The van der Waals surface area contributed by atoms with Gasteiger partial charge in [-0.1, -0.05) is 53.6 Å². The molecule has 10 heteroatoms. The van der Waals surface area contributed by atoms with Gasteiger partial charge in [-0.3, -0.25) is 4.79 Å². The first-order valence-electron chi connectivity index (χ1n) is 10.6. The molecule has 0 fully saturated rings. The van der Waals surface area contributed by atoms with Gasteiger partial charge in [-0.25, -0.2) is 24.9 Å². The van der Waals surface area contributed by atoms with Gasteiger partial charge in [0.15, 0.2) is 5.82 Å². The summed E-state index contributed by atoms with van der Waals surface area (Å²) >= 11 is 6.11. The van der Waals surface area contributed by atoms with Crippen molar-refractivity contribution in [1.29, 1.82) is 0 Å². The number of nitrogens with one attached hydrogen (secondary N) is 1. The molecule has 2 aromatic heterocycles. The summed E-state index contributed by atoms with van der Waals surface area (Å²) in [6.45, 7) is 2.20. The minimum atomic E-state index is -0.678. The Bertz CT molecular complexity index is 1380. The highest BCUT2D eigenvalue weighted by Crippen LogP contribution is 2.41. The number of benzene rings is 2. The number of nitrogens with zero attached hydrogens (tertiary/aromatic N) is 5. The Morgan fingerprint density at radius 1 is 0.971 bits per heavy atom. The number of carbonyl (C=O) groups excluding carboxylic acids is 1. The number of methoxy groups -OCH3 is 1. The monoisotopic (exact) mass is 476 g/mol. The second-order valence-electron chi connectivity index (χ2n) is 8.09. The van der Waals surface area contributed by atoms with Gasteiger partial charge in [-0.05, 0) is 30.2 Å². The zero-order valence-corrected chi connectivity index (χ0v) is 19.2. The van der Waals surface area contributed by atoms with E-state index in [2.05, 4.69) is 20.2 Å². The van der Waals surface area contributed by atoms with Crippen LogP contribution >= 0.6 is 11.6 Å². The molecular weight excluding hydrogens is 456 g/mol. The van der Waals surface area contributed by atoms with Crippen LogP contribution in [0.4, 0.5) is 0 Å². The van der Waals surface area contributed by atoms with Crippen molar-refractivity contribution in [3.05, 3.63) is 105 Å². The van der Waals surface area contributed by atoms with E-state index in [9.17, 15) is 9.59 Å². The van der Waals surface area contributed by atoms with E-state index in [1.54, 1.807) is 24.5 Å². The van der Waals surface area contributed by atoms with E-state index in [0.717, 1.165) is 16.7 Å². The van der Waals surface area contributed by atoms with Crippen molar-refractivity contribution in [1.82, 2.24) is 24.8 Å². The Hall–Kier alpha value is -3.98. The van der Waals surface area contributed by atoms with E-state index < -0.39 is 17.5 Å². The van der Waals surface area contributed by atoms with E-state index in [4.69, 9.17) is 16.3 Å². The number of hydrogen-bond donors (Lipinski definition) is 1. The fourth-order valence-electron chi connectivity index (χ4n) is 4.24. The minimum absolute atomic E-state index is 0.203. The number of carbonyl (C=O) groups is 1. The molecule has 0 bridgehead atoms. The lowest BCUT2D eigenvalue weighted by Crippen LogP contribution is -2.53. The second-order valence-corrected chi connectivity index (χ2v) is 8.53. The van der Waals surface area contributed by atoms with E-state index in [1.165, 1.54) is 16.8 Å². The topological polar surface area (TPSA) is 106 Å². The highest BCUT2D eigenvalue weighted by molar-refractivity contribution is 6.30. The molecular formula is C24H21ClN6O3. The molecule has 172 valence electrons. The first-order valence-corrected chi connectivity index (χ1v) is 11.0. The highest BCUT2D eigenvalue weighted by Gasteiger charge is 2.45. The van der Waals surface area contributed by atoms with Crippen molar-refractivity contribution in [2.24, 2.45) is 0 Å². The zero-order chi connectivity index (χ0) is 23.8. The van der Waals surface area contributed by atoms with Gasteiger partial charge < -0.3 is 4.74 Å². The molecule has 4 aromatic rings. The number of rotatable bonds is 5. The quantitative estimate of drug-likeness (QED) is 0.474. The Kier molecular flexibility index (Phi) is 5.62. The van der Waals surface area contributed by atoms with E-state index in [0.29, 0.717) is 16.4 Å². The fraction of sp³-hybridized carbons (Fsp3) is 0.208. The molecule has 0 aliphatic carbocycles. The predicted molar refractivity (Wildman–Crippen MR) is 126 cm³/mol. The number of aryl methyl sites for hydroxylation is 1. The number of halogens is 1. The average molecular weight is 477 g/mol. The number of aromatic nitrogens is 5. The summed E-state index contributed by atoms with van der Waals surface area (Å²) < 4.78 is 6.39. The van der Waals surface area contributed by atoms with Gasteiger partial charge in [0.2, 0.25) is 0 Å².